The minimum Gasteiger partial charge on any atom is -0.497 e. The average Bonchev–Trinajstić information content (AvgIpc) is 2.99. The SMILES string of the molecule is COc1cccc(N2C(=O)C(c3ccc(Cl)cc3Cl)=C(N3CCOCC3)C2=O)c1. The molecule has 0 bridgehead atoms. The van der Waals surface area contributed by atoms with Crippen LogP contribution in [0, 0.1) is 0 Å². The molecule has 1 fully saturated rings. The minimum absolute atomic E-state index is 0.265. The van der Waals surface area contributed by atoms with E-state index >= 15 is 0 Å². The molecule has 0 aromatic heterocycles. The van der Waals surface area contributed by atoms with Crippen LogP contribution in [0.2, 0.25) is 10.0 Å². The molecular weight excluding hydrogens is 415 g/mol. The highest BCUT2D eigenvalue weighted by Gasteiger charge is 2.43. The molecule has 2 aromatic carbocycles. The third-order valence-corrected chi connectivity index (χ3v) is 5.45. The van der Waals surface area contributed by atoms with Crippen LogP contribution in [0.5, 0.6) is 5.75 Å². The van der Waals surface area contributed by atoms with Gasteiger partial charge in [-0.25, -0.2) is 4.90 Å². The maximum absolute atomic E-state index is 13.5. The van der Waals surface area contributed by atoms with Crippen LogP contribution in [-0.4, -0.2) is 50.1 Å². The number of anilines is 1. The van der Waals surface area contributed by atoms with Gasteiger partial charge in [-0.3, -0.25) is 9.59 Å². The highest BCUT2D eigenvalue weighted by atomic mass is 35.5. The monoisotopic (exact) mass is 432 g/mol. The number of hydrogen-bond donors (Lipinski definition) is 0. The summed E-state index contributed by atoms with van der Waals surface area (Å²) >= 11 is 12.4. The Labute approximate surface area is 178 Å². The number of methoxy groups -OCH3 is 1. The molecule has 2 aliphatic rings. The number of morpholine rings is 1. The molecule has 0 aliphatic carbocycles. The van der Waals surface area contributed by atoms with Crippen molar-refractivity contribution < 1.29 is 19.1 Å². The molecule has 0 saturated carbocycles. The summed E-state index contributed by atoms with van der Waals surface area (Å²) in [7, 11) is 1.53. The molecule has 2 aromatic rings. The molecule has 1 saturated heterocycles. The lowest BCUT2D eigenvalue weighted by atomic mass is 10.0. The molecule has 2 heterocycles. The predicted molar refractivity (Wildman–Crippen MR) is 111 cm³/mol. The number of hydrogen-bond acceptors (Lipinski definition) is 5. The smallest absolute Gasteiger partial charge is 0.282 e. The Morgan fingerprint density at radius 2 is 1.76 bits per heavy atom. The highest BCUT2D eigenvalue weighted by Crippen LogP contribution is 2.39. The summed E-state index contributed by atoms with van der Waals surface area (Å²) in [6, 6.07) is 11.7. The van der Waals surface area contributed by atoms with Gasteiger partial charge in [-0.15, -0.1) is 0 Å². The third-order valence-electron chi connectivity index (χ3n) is 4.90. The van der Waals surface area contributed by atoms with E-state index in [0.29, 0.717) is 59.0 Å². The van der Waals surface area contributed by atoms with Crippen molar-refractivity contribution in [1.29, 1.82) is 0 Å². The van der Waals surface area contributed by atoms with E-state index in [1.54, 1.807) is 42.5 Å². The van der Waals surface area contributed by atoms with Gasteiger partial charge in [0, 0.05) is 29.7 Å². The number of nitrogens with zero attached hydrogens (tertiary/aromatic N) is 2. The van der Waals surface area contributed by atoms with Gasteiger partial charge in [0.05, 0.1) is 36.6 Å². The van der Waals surface area contributed by atoms with Crippen LogP contribution < -0.4 is 9.64 Å². The molecule has 2 amide bonds. The van der Waals surface area contributed by atoms with Gasteiger partial charge in [-0.1, -0.05) is 35.3 Å². The van der Waals surface area contributed by atoms with Crippen molar-refractivity contribution in [3.05, 3.63) is 63.8 Å². The van der Waals surface area contributed by atoms with Crippen LogP contribution in [0.3, 0.4) is 0 Å². The molecular formula is C21H18Cl2N2O4. The topological polar surface area (TPSA) is 59.1 Å². The number of rotatable bonds is 4. The number of amides is 2. The Balaban J connectivity index is 1.85. The van der Waals surface area contributed by atoms with Crippen LogP contribution in [0.25, 0.3) is 5.57 Å². The first-order valence-electron chi connectivity index (χ1n) is 9.06. The summed E-state index contributed by atoms with van der Waals surface area (Å²) in [4.78, 5) is 29.9. The summed E-state index contributed by atoms with van der Waals surface area (Å²) in [6.07, 6.45) is 0. The van der Waals surface area contributed by atoms with Gasteiger partial charge in [0.15, 0.2) is 0 Å². The molecule has 8 heteroatoms. The van der Waals surface area contributed by atoms with Crippen LogP contribution >= 0.6 is 23.2 Å². The maximum Gasteiger partial charge on any atom is 0.282 e. The minimum atomic E-state index is -0.436. The summed E-state index contributed by atoms with van der Waals surface area (Å²) in [5.74, 6) is -0.283. The zero-order valence-corrected chi connectivity index (χ0v) is 17.2. The molecule has 0 N–H and O–H groups in total. The summed E-state index contributed by atoms with van der Waals surface area (Å²) in [6.45, 7) is 1.97. The molecule has 0 spiro atoms. The Kier molecular flexibility index (Phi) is 5.50. The van der Waals surface area contributed by atoms with Gasteiger partial charge in [-0.2, -0.15) is 0 Å². The Hall–Kier alpha value is -2.54. The largest absolute Gasteiger partial charge is 0.497 e. The van der Waals surface area contributed by atoms with Crippen LogP contribution in [0.1, 0.15) is 5.56 Å². The first-order valence-corrected chi connectivity index (χ1v) is 9.82. The van der Waals surface area contributed by atoms with Crippen LogP contribution in [-0.2, 0) is 14.3 Å². The van der Waals surface area contributed by atoms with Crippen LogP contribution in [0.4, 0.5) is 5.69 Å². The molecule has 2 aliphatic heterocycles. The van der Waals surface area contributed by atoms with E-state index in [2.05, 4.69) is 0 Å². The van der Waals surface area contributed by atoms with Gasteiger partial charge < -0.3 is 14.4 Å². The fourth-order valence-electron chi connectivity index (χ4n) is 3.52. The van der Waals surface area contributed by atoms with E-state index in [-0.39, 0.29) is 5.57 Å². The van der Waals surface area contributed by atoms with Gasteiger partial charge in [-0.05, 0) is 24.3 Å². The van der Waals surface area contributed by atoms with Gasteiger partial charge in [0.25, 0.3) is 11.8 Å². The Morgan fingerprint density at radius 3 is 2.45 bits per heavy atom. The molecule has 0 atom stereocenters. The first-order chi connectivity index (χ1) is 14.0. The van der Waals surface area contributed by atoms with Gasteiger partial charge in [0.1, 0.15) is 11.4 Å². The lowest BCUT2D eigenvalue weighted by Gasteiger charge is -2.29. The molecule has 29 heavy (non-hydrogen) atoms. The number of benzene rings is 2. The normalized spacial score (nSPS) is 17.3. The fourth-order valence-corrected chi connectivity index (χ4v) is 4.02. The molecule has 6 nitrogen and oxygen atoms in total. The van der Waals surface area contributed by atoms with E-state index in [1.165, 1.54) is 7.11 Å². The van der Waals surface area contributed by atoms with Crippen molar-refractivity contribution in [2.24, 2.45) is 0 Å². The van der Waals surface area contributed by atoms with Gasteiger partial charge >= 0.3 is 0 Å². The maximum atomic E-state index is 13.5. The summed E-state index contributed by atoms with van der Waals surface area (Å²) < 4.78 is 10.7. The van der Waals surface area contributed by atoms with Crippen molar-refractivity contribution in [3.8, 4) is 5.75 Å². The van der Waals surface area contributed by atoms with Crippen molar-refractivity contribution >= 4 is 46.3 Å². The van der Waals surface area contributed by atoms with E-state index < -0.39 is 11.8 Å². The standard InChI is InChI=1S/C21H18Cl2N2O4/c1-28-15-4-2-3-14(12-15)25-20(26)18(16-6-5-13(22)11-17(16)23)19(21(25)27)24-7-9-29-10-8-24/h2-6,11-12H,7-10H2,1H3. The van der Waals surface area contributed by atoms with E-state index in [0.717, 1.165) is 4.90 Å². The quantitative estimate of drug-likeness (QED) is 0.690. The fraction of sp³-hybridized carbons (Fsp3) is 0.238. The van der Waals surface area contributed by atoms with Crippen molar-refractivity contribution in [2.75, 3.05) is 38.3 Å². The van der Waals surface area contributed by atoms with E-state index in [4.69, 9.17) is 32.7 Å². The number of carbonyl (C=O) groups excluding carboxylic acids is 2. The molecule has 0 unspecified atom stereocenters. The second-order valence-corrected chi connectivity index (χ2v) is 7.44. The average molecular weight is 433 g/mol. The first kappa shape index (κ1) is 19.8. The third kappa shape index (κ3) is 3.59. The zero-order chi connectivity index (χ0) is 20.5. The Morgan fingerprint density at radius 1 is 1.00 bits per heavy atom. The molecule has 0 radical (unpaired) electrons. The summed E-state index contributed by atoms with van der Waals surface area (Å²) in [5, 5.41) is 0.764. The van der Waals surface area contributed by atoms with Gasteiger partial charge in [0.2, 0.25) is 0 Å². The van der Waals surface area contributed by atoms with Crippen molar-refractivity contribution in [2.45, 2.75) is 0 Å². The number of carbonyl (C=O) groups is 2. The van der Waals surface area contributed by atoms with Crippen molar-refractivity contribution in [1.82, 2.24) is 4.90 Å². The van der Waals surface area contributed by atoms with E-state index in [9.17, 15) is 9.59 Å². The second kappa shape index (κ2) is 8.06. The number of imide groups is 1. The number of halogens is 2. The van der Waals surface area contributed by atoms with Crippen molar-refractivity contribution in [3.63, 3.8) is 0 Å². The van der Waals surface area contributed by atoms with Crippen LogP contribution in [0.15, 0.2) is 48.2 Å². The zero-order valence-electron chi connectivity index (χ0n) is 15.7. The molecule has 150 valence electrons. The highest BCUT2D eigenvalue weighted by molar-refractivity contribution is 6.47. The lowest BCUT2D eigenvalue weighted by Crippen LogP contribution is -2.40. The predicted octanol–water partition coefficient (Wildman–Crippen LogP) is 3.62. The Bertz CT molecular complexity index is 1020. The van der Waals surface area contributed by atoms with E-state index in [1.807, 2.05) is 4.90 Å². The molecule has 4 rings (SSSR count). The number of ether oxygens (including phenoxy) is 2. The second-order valence-electron chi connectivity index (χ2n) is 6.59. The summed E-state index contributed by atoms with van der Waals surface area (Å²) in [5.41, 5.74) is 1.50. The lowest BCUT2D eigenvalue weighted by molar-refractivity contribution is -0.121.